The number of aromatic nitrogens is 1. The first-order valence-electron chi connectivity index (χ1n) is 7.95. The van der Waals surface area contributed by atoms with E-state index in [-0.39, 0.29) is 5.91 Å². The van der Waals surface area contributed by atoms with E-state index < -0.39 is 0 Å². The monoisotopic (exact) mass is 371 g/mol. The fourth-order valence-corrected chi connectivity index (χ4v) is 3.35. The van der Waals surface area contributed by atoms with Gasteiger partial charge in [-0.1, -0.05) is 54.1 Å². The van der Waals surface area contributed by atoms with E-state index in [0.717, 1.165) is 17.7 Å². The number of hydrogen-bond acceptors (Lipinski definition) is 4. The van der Waals surface area contributed by atoms with Crippen molar-refractivity contribution in [1.82, 2.24) is 4.98 Å². The molecule has 1 amide bonds. The van der Waals surface area contributed by atoms with Crippen molar-refractivity contribution < 1.29 is 4.79 Å². The fourth-order valence-electron chi connectivity index (χ4n) is 2.35. The van der Waals surface area contributed by atoms with E-state index in [1.807, 2.05) is 31.2 Å². The average Bonchev–Trinajstić information content (AvgIpc) is 3.07. The zero-order valence-electron chi connectivity index (χ0n) is 14.0. The number of para-hydroxylation sites is 1. The molecule has 0 bridgehead atoms. The van der Waals surface area contributed by atoms with Gasteiger partial charge in [-0.3, -0.25) is 4.79 Å². The number of aryl methyl sites for hydroxylation is 2. The third-order valence-electron chi connectivity index (χ3n) is 3.80. The van der Waals surface area contributed by atoms with Gasteiger partial charge in [0.25, 0.3) is 5.91 Å². The molecule has 3 rings (SSSR count). The minimum atomic E-state index is -0.219. The Kier molecular flexibility index (Phi) is 5.36. The number of anilines is 3. The van der Waals surface area contributed by atoms with Crippen LogP contribution in [0.4, 0.5) is 16.5 Å². The number of amides is 1. The molecule has 0 aliphatic rings. The van der Waals surface area contributed by atoms with Crippen LogP contribution in [0.5, 0.6) is 0 Å². The summed E-state index contributed by atoms with van der Waals surface area (Å²) in [6.07, 6.45) is 2.57. The molecule has 2 N–H and O–H groups in total. The van der Waals surface area contributed by atoms with Gasteiger partial charge in [0.15, 0.2) is 5.13 Å². The zero-order chi connectivity index (χ0) is 17.8. The second-order valence-corrected chi connectivity index (χ2v) is 7.03. The first kappa shape index (κ1) is 17.5. The fraction of sp³-hybridized carbons (Fsp3) is 0.158. The lowest BCUT2D eigenvalue weighted by atomic mass is 10.1. The molecule has 0 atom stereocenters. The summed E-state index contributed by atoms with van der Waals surface area (Å²) in [6, 6.07) is 13.7. The van der Waals surface area contributed by atoms with Crippen LogP contribution in [0.3, 0.4) is 0 Å². The molecular weight excluding hydrogens is 354 g/mol. The van der Waals surface area contributed by atoms with Crippen molar-refractivity contribution in [3.8, 4) is 0 Å². The Bertz CT molecular complexity index is 870. The number of halogens is 1. The molecule has 128 valence electrons. The number of nitrogens with one attached hydrogen (secondary N) is 2. The van der Waals surface area contributed by atoms with Crippen LogP contribution >= 0.6 is 22.9 Å². The van der Waals surface area contributed by atoms with Gasteiger partial charge in [-0.25, -0.2) is 4.98 Å². The number of carbonyl (C=O) groups is 1. The van der Waals surface area contributed by atoms with Crippen LogP contribution in [0.1, 0.15) is 27.7 Å². The van der Waals surface area contributed by atoms with Crippen LogP contribution in [0.15, 0.2) is 48.7 Å². The van der Waals surface area contributed by atoms with E-state index in [0.29, 0.717) is 20.7 Å². The van der Waals surface area contributed by atoms with Crippen molar-refractivity contribution in [3.05, 3.63) is 69.7 Å². The number of nitrogens with zero attached hydrogens (tertiary/aromatic N) is 1. The molecule has 0 aliphatic carbocycles. The largest absolute Gasteiger partial charge is 0.332 e. The Hall–Kier alpha value is -2.37. The summed E-state index contributed by atoms with van der Waals surface area (Å²) in [6.45, 7) is 4.02. The molecule has 25 heavy (non-hydrogen) atoms. The number of benzene rings is 2. The molecule has 1 heterocycles. The standard InChI is InChI=1S/C19H18ClN3OS/c1-3-13-7-9-14(10-8-13)22-19-21-11-16(25-19)18(24)23-17-12(2)5-4-6-15(17)20/h4-11H,3H2,1-2H3,(H,21,22)(H,23,24). The minimum Gasteiger partial charge on any atom is -0.332 e. The van der Waals surface area contributed by atoms with E-state index in [4.69, 9.17) is 11.6 Å². The van der Waals surface area contributed by atoms with Crippen LogP contribution in [0.25, 0.3) is 0 Å². The van der Waals surface area contributed by atoms with E-state index in [2.05, 4.69) is 34.7 Å². The zero-order valence-corrected chi connectivity index (χ0v) is 15.5. The number of rotatable bonds is 5. The highest BCUT2D eigenvalue weighted by molar-refractivity contribution is 7.17. The Balaban J connectivity index is 1.71. The lowest BCUT2D eigenvalue weighted by molar-refractivity contribution is 0.103. The van der Waals surface area contributed by atoms with Crippen LogP contribution in [-0.2, 0) is 6.42 Å². The van der Waals surface area contributed by atoms with Crippen molar-refractivity contribution in [2.24, 2.45) is 0 Å². The Labute approximate surface area is 155 Å². The summed E-state index contributed by atoms with van der Waals surface area (Å²) in [5, 5.41) is 7.27. The van der Waals surface area contributed by atoms with Crippen molar-refractivity contribution >= 4 is 45.4 Å². The van der Waals surface area contributed by atoms with Crippen LogP contribution < -0.4 is 10.6 Å². The van der Waals surface area contributed by atoms with Crippen molar-refractivity contribution in [2.75, 3.05) is 10.6 Å². The number of thiazole rings is 1. The first-order valence-corrected chi connectivity index (χ1v) is 9.14. The lowest BCUT2D eigenvalue weighted by Crippen LogP contribution is -2.11. The molecule has 0 saturated heterocycles. The maximum atomic E-state index is 12.4. The highest BCUT2D eigenvalue weighted by Gasteiger charge is 2.14. The molecule has 0 saturated carbocycles. The van der Waals surface area contributed by atoms with E-state index in [1.165, 1.54) is 16.9 Å². The van der Waals surface area contributed by atoms with Gasteiger partial charge in [0, 0.05) is 5.69 Å². The molecule has 1 aromatic heterocycles. The molecule has 6 heteroatoms. The summed E-state index contributed by atoms with van der Waals surface area (Å²) >= 11 is 7.46. The second kappa shape index (κ2) is 7.68. The van der Waals surface area contributed by atoms with Crippen LogP contribution in [-0.4, -0.2) is 10.9 Å². The summed E-state index contributed by atoms with van der Waals surface area (Å²) in [7, 11) is 0. The third kappa shape index (κ3) is 4.18. The van der Waals surface area contributed by atoms with Crippen LogP contribution in [0.2, 0.25) is 5.02 Å². The molecule has 4 nitrogen and oxygen atoms in total. The molecule has 0 fully saturated rings. The molecule has 3 aromatic rings. The van der Waals surface area contributed by atoms with Crippen molar-refractivity contribution in [3.63, 3.8) is 0 Å². The normalized spacial score (nSPS) is 10.5. The first-order chi connectivity index (χ1) is 12.1. The summed E-state index contributed by atoms with van der Waals surface area (Å²) in [5.74, 6) is -0.219. The smallest absolute Gasteiger partial charge is 0.267 e. The van der Waals surface area contributed by atoms with Gasteiger partial charge >= 0.3 is 0 Å². The van der Waals surface area contributed by atoms with Gasteiger partial charge in [-0.2, -0.15) is 0 Å². The van der Waals surface area contributed by atoms with E-state index in [1.54, 1.807) is 12.3 Å². The summed E-state index contributed by atoms with van der Waals surface area (Å²) < 4.78 is 0. The topological polar surface area (TPSA) is 54.0 Å². The van der Waals surface area contributed by atoms with Gasteiger partial charge in [0.05, 0.1) is 16.9 Å². The van der Waals surface area contributed by atoms with Gasteiger partial charge in [0.1, 0.15) is 4.88 Å². The van der Waals surface area contributed by atoms with Crippen molar-refractivity contribution in [2.45, 2.75) is 20.3 Å². The van der Waals surface area contributed by atoms with Crippen LogP contribution in [0, 0.1) is 6.92 Å². The predicted molar refractivity (Wildman–Crippen MR) is 105 cm³/mol. The maximum absolute atomic E-state index is 12.4. The summed E-state index contributed by atoms with van der Waals surface area (Å²) in [4.78, 5) is 17.2. The molecule has 0 unspecified atom stereocenters. The average molecular weight is 372 g/mol. The minimum absolute atomic E-state index is 0.219. The van der Waals surface area contributed by atoms with E-state index >= 15 is 0 Å². The van der Waals surface area contributed by atoms with Gasteiger partial charge in [0.2, 0.25) is 0 Å². The highest BCUT2D eigenvalue weighted by atomic mass is 35.5. The Morgan fingerprint density at radius 1 is 1.20 bits per heavy atom. The van der Waals surface area contributed by atoms with Gasteiger partial charge < -0.3 is 10.6 Å². The second-order valence-electron chi connectivity index (χ2n) is 5.59. The maximum Gasteiger partial charge on any atom is 0.267 e. The third-order valence-corrected chi connectivity index (χ3v) is 5.03. The summed E-state index contributed by atoms with van der Waals surface area (Å²) in [5.41, 5.74) is 3.77. The predicted octanol–water partition coefficient (Wildman–Crippen LogP) is 5.66. The highest BCUT2D eigenvalue weighted by Crippen LogP contribution is 2.28. The molecule has 0 aliphatic heterocycles. The van der Waals surface area contributed by atoms with E-state index in [9.17, 15) is 4.79 Å². The Morgan fingerprint density at radius 3 is 2.64 bits per heavy atom. The number of hydrogen-bond donors (Lipinski definition) is 2. The number of carbonyl (C=O) groups excluding carboxylic acids is 1. The van der Waals surface area contributed by atoms with Crippen molar-refractivity contribution in [1.29, 1.82) is 0 Å². The molecule has 0 radical (unpaired) electrons. The quantitative estimate of drug-likeness (QED) is 0.608. The van der Waals surface area contributed by atoms with Gasteiger partial charge in [-0.15, -0.1) is 0 Å². The lowest BCUT2D eigenvalue weighted by Gasteiger charge is -2.08. The SMILES string of the molecule is CCc1ccc(Nc2ncc(C(=O)Nc3c(C)cccc3Cl)s2)cc1. The Morgan fingerprint density at radius 2 is 1.96 bits per heavy atom. The molecular formula is C19H18ClN3OS. The molecule has 2 aromatic carbocycles. The van der Waals surface area contributed by atoms with Gasteiger partial charge in [-0.05, 0) is 42.7 Å². The molecule has 0 spiro atoms.